The van der Waals surface area contributed by atoms with Gasteiger partial charge in [-0.15, -0.1) is 0 Å². The molecule has 0 aromatic heterocycles. The van der Waals surface area contributed by atoms with Gasteiger partial charge in [0, 0.05) is 0 Å². The minimum atomic E-state index is -1.27. The van der Waals surface area contributed by atoms with E-state index >= 15 is 0 Å². The van der Waals surface area contributed by atoms with Gasteiger partial charge in [-0.25, -0.2) is 0 Å². The van der Waals surface area contributed by atoms with E-state index in [2.05, 4.69) is 0 Å². The zero-order chi connectivity index (χ0) is 16.1. The first-order valence-corrected chi connectivity index (χ1v) is 7.73. The summed E-state index contributed by atoms with van der Waals surface area (Å²) < 4.78 is 10.3. The Morgan fingerprint density at radius 1 is 0.762 bits per heavy atom. The predicted molar refractivity (Wildman–Crippen MR) is 83.8 cm³/mol. The van der Waals surface area contributed by atoms with Crippen LogP contribution in [0.2, 0.25) is 0 Å². The van der Waals surface area contributed by atoms with Gasteiger partial charge in [0.1, 0.15) is 0 Å². The smallest absolute Gasteiger partial charge is 0.324 e. The molecule has 0 rings (SSSR count). The van der Waals surface area contributed by atoms with Crippen molar-refractivity contribution >= 4 is 11.9 Å². The summed E-state index contributed by atoms with van der Waals surface area (Å²) in [5, 5.41) is 0. The molecule has 0 saturated carbocycles. The monoisotopic (exact) mass is 296 g/mol. The Morgan fingerprint density at radius 3 is 1.43 bits per heavy atom. The second-order valence-electron chi connectivity index (χ2n) is 4.69. The molecular weight excluding hydrogens is 268 g/mol. The van der Waals surface area contributed by atoms with Crippen molar-refractivity contribution in [3.63, 3.8) is 0 Å². The molecule has 0 fully saturated rings. The Labute approximate surface area is 128 Å². The third-order valence-electron chi connectivity index (χ3n) is 3.07. The summed E-state index contributed by atoms with van der Waals surface area (Å²) >= 11 is 0. The van der Waals surface area contributed by atoms with Crippen molar-refractivity contribution in [2.75, 3.05) is 13.2 Å². The van der Waals surface area contributed by atoms with Gasteiger partial charge in [0.2, 0.25) is 0 Å². The molecule has 0 spiro atoms. The molecule has 4 nitrogen and oxygen atoms in total. The summed E-state index contributed by atoms with van der Waals surface area (Å²) in [5.41, 5.74) is -1.27. The van der Waals surface area contributed by atoms with Crippen LogP contribution < -0.4 is 0 Å². The number of allylic oxidation sites excluding steroid dienone is 4. The van der Waals surface area contributed by atoms with E-state index in [1.54, 1.807) is 13.8 Å². The van der Waals surface area contributed by atoms with Crippen molar-refractivity contribution in [3.8, 4) is 0 Å². The molecule has 0 bridgehead atoms. The van der Waals surface area contributed by atoms with Gasteiger partial charge in [-0.1, -0.05) is 38.2 Å². The van der Waals surface area contributed by atoms with Crippen LogP contribution in [0.15, 0.2) is 24.3 Å². The SMILES string of the molecule is CC/C=C/CC(C/C=C/CC)(C(=O)OCC)C(=O)OCC. The average molecular weight is 296 g/mol. The van der Waals surface area contributed by atoms with Gasteiger partial charge in [0.15, 0.2) is 5.41 Å². The topological polar surface area (TPSA) is 52.6 Å². The van der Waals surface area contributed by atoms with Gasteiger partial charge in [0.25, 0.3) is 0 Å². The molecule has 0 saturated heterocycles. The molecule has 0 radical (unpaired) electrons. The van der Waals surface area contributed by atoms with E-state index in [-0.39, 0.29) is 13.2 Å². The quantitative estimate of drug-likeness (QED) is 0.349. The Bertz CT molecular complexity index is 333. The molecule has 0 aromatic rings. The van der Waals surface area contributed by atoms with Gasteiger partial charge >= 0.3 is 11.9 Å². The molecule has 0 amide bonds. The van der Waals surface area contributed by atoms with E-state index in [9.17, 15) is 9.59 Å². The number of carbonyl (C=O) groups excluding carboxylic acids is 2. The Kier molecular flexibility index (Phi) is 10.3. The first-order valence-electron chi connectivity index (χ1n) is 7.73. The second kappa shape index (κ2) is 11.1. The van der Waals surface area contributed by atoms with E-state index in [1.165, 1.54) is 0 Å². The zero-order valence-corrected chi connectivity index (χ0v) is 13.7. The van der Waals surface area contributed by atoms with Gasteiger partial charge in [-0.05, 0) is 39.5 Å². The van der Waals surface area contributed by atoms with Crippen molar-refractivity contribution in [3.05, 3.63) is 24.3 Å². The molecule has 0 atom stereocenters. The molecule has 4 heteroatoms. The minimum absolute atomic E-state index is 0.245. The van der Waals surface area contributed by atoms with Crippen LogP contribution in [0, 0.1) is 5.41 Å². The highest BCUT2D eigenvalue weighted by atomic mass is 16.6. The Morgan fingerprint density at radius 2 is 1.14 bits per heavy atom. The first-order chi connectivity index (χ1) is 10.1. The summed E-state index contributed by atoms with van der Waals surface area (Å²) in [5.74, 6) is -1.02. The van der Waals surface area contributed by atoms with Gasteiger partial charge < -0.3 is 9.47 Å². The molecule has 0 N–H and O–H groups in total. The van der Waals surface area contributed by atoms with Crippen LogP contribution in [0.3, 0.4) is 0 Å². The van der Waals surface area contributed by atoms with Gasteiger partial charge in [-0.2, -0.15) is 0 Å². The normalized spacial score (nSPS) is 12.0. The number of esters is 2. The maximum absolute atomic E-state index is 12.4. The van der Waals surface area contributed by atoms with Crippen LogP contribution in [0.25, 0.3) is 0 Å². The van der Waals surface area contributed by atoms with Crippen LogP contribution in [0.5, 0.6) is 0 Å². The molecule has 120 valence electrons. The van der Waals surface area contributed by atoms with Crippen LogP contribution in [-0.2, 0) is 19.1 Å². The van der Waals surface area contributed by atoms with Gasteiger partial charge in [-0.3, -0.25) is 9.59 Å². The molecule has 0 aliphatic rings. The van der Waals surface area contributed by atoms with Crippen molar-refractivity contribution < 1.29 is 19.1 Å². The molecule has 0 unspecified atom stereocenters. The summed E-state index contributed by atoms with van der Waals surface area (Å²) in [7, 11) is 0. The second-order valence-corrected chi connectivity index (χ2v) is 4.69. The molecule has 0 heterocycles. The van der Waals surface area contributed by atoms with E-state index < -0.39 is 17.4 Å². The highest BCUT2D eigenvalue weighted by Gasteiger charge is 2.46. The minimum Gasteiger partial charge on any atom is -0.465 e. The van der Waals surface area contributed by atoms with Crippen LogP contribution in [-0.4, -0.2) is 25.2 Å². The number of rotatable bonds is 10. The van der Waals surface area contributed by atoms with Crippen molar-refractivity contribution in [2.45, 2.75) is 53.4 Å². The number of hydrogen-bond acceptors (Lipinski definition) is 4. The van der Waals surface area contributed by atoms with Crippen molar-refractivity contribution in [2.24, 2.45) is 5.41 Å². The van der Waals surface area contributed by atoms with E-state index in [4.69, 9.17) is 9.47 Å². The molecule has 21 heavy (non-hydrogen) atoms. The molecule has 0 aliphatic carbocycles. The summed E-state index contributed by atoms with van der Waals surface area (Å²) in [6.45, 7) is 7.97. The lowest BCUT2D eigenvalue weighted by Gasteiger charge is -2.27. The summed E-state index contributed by atoms with van der Waals surface area (Å²) in [6, 6.07) is 0. The van der Waals surface area contributed by atoms with E-state index in [0.717, 1.165) is 12.8 Å². The van der Waals surface area contributed by atoms with E-state index in [1.807, 2.05) is 38.2 Å². The number of carbonyl (C=O) groups is 2. The van der Waals surface area contributed by atoms with Crippen molar-refractivity contribution in [1.29, 1.82) is 0 Å². The maximum Gasteiger partial charge on any atom is 0.324 e. The molecule has 0 aliphatic heterocycles. The Hall–Kier alpha value is -1.58. The summed E-state index contributed by atoms with van der Waals surface area (Å²) in [6.07, 6.45) is 9.90. The number of hydrogen-bond donors (Lipinski definition) is 0. The predicted octanol–water partition coefficient (Wildman–Crippen LogP) is 3.81. The molecule has 0 aromatic carbocycles. The highest BCUT2D eigenvalue weighted by Crippen LogP contribution is 2.32. The lowest BCUT2D eigenvalue weighted by molar-refractivity contribution is -0.171. The third kappa shape index (κ3) is 6.15. The lowest BCUT2D eigenvalue weighted by atomic mass is 9.80. The largest absolute Gasteiger partial charge is 0.465 e. The summed E-state index contributed by atoms with van der Waals surface area (Å²) in [4.78, 5) is 24.8. The fourth-order valence-corrected chi connectivity index (χ4v) is 1.94. The van der Waals surface area contributed by atoms with E-state index in [0.29, 0.717) is 12.8 Å². The average Bonchev–Trinajstić information content (AvgIpc) is 2.46. The first kappa shape index (κ1) is 19.4. The Balaban J connectivity index is 5.44. The van der Waals surface area contributed by atoms with Crippen LogP contribution in [0.1, 0.15) is 53.4 Å². The van der Waals surface area contributed by atoms with Gasteiger partial charge in [0.05, 0.1) is 13.2 Å². The fourth-order valence-electron chi connectivity index (χ4n) is 1.94. The maximum atomic E-state index is 12.4. The van der Waals surface area contributed by atoms with Crippen LogP contribution >= 0.6 is 0 Å². The highest BCUT2D eigenvalue weighted by molar-refractivity contribution is 6.00. The number of ether oxygens (including phenoxy) is 2. The lowest BCUT2D eigenvalue weighted by Crippen LogP contribution is -2.41. The molecular formula is C17H28O4. The zero-order valence-electron chi connectivity index (χ0n) is 13.7. The van der Waals surface area contributed by atoms with Crippen molar-refractivity contribution in [1.82, 2.24) is 0 Å². The van der Waals surface area contributed by atoms with Crippen LogP contribution in [0.4, 0.5) is 0 Å². The standard InChI is InChI=1S/C17H28O4/c1-5-9-11-13-17(14-12-10-6-2,15(18)20-7-3)16(19)21-8-4/h9-12H,5-8,13-14H2,1-4H3/b11-9+,12-10+. The fraction of sp³-hybridized carbons (Fsp3) is 0.647. The third-order valence-corrected chi connectivity index (χ3v) is 3.07.